The summed E-state index contributed by atoms with van der Waals surface area (Å²) < 4.78 is 51.3. The van der Waals surface area contributed by atoms with Crippen LogP contribution in [0.4, 0.5) is 17.6 Å². The lowest BCUT2D eigenvalue weighted by Crippen LogP contribution is -2.34. The van der Waals surface area contributed by atoms with Crippen molar-refractivity contribution in [2.24, 2.45) is 0 Å². The van der Waals surface area contributed by atoms with Gasteiger partial charge in [-0.15, -0.1) is 0 Å². The van der Waals surface area contributed by atoms with Crippen molar-refractivity contribution in [3.8, 4) is 0 Å². The quantitative estimate of drug-likeness (QED) is 0.746. The van der Waals surface area contributed by atoms with Crippen LogP contribution in [0.1, 0.15) is 23.6 Å². The molecule has 2 rings (SSSR count). The first-order valence-corrected chi connectivity index (χ1v) is 7.61. The summed E-state index contributed by atoms with van der Waals surface area (Å²) in [6, 6.07) is 13.1. The first kappa shape index (κ1) is 18.4. The predicted molar refractivity (Wildman–Crippen MR) is 84.0 cm³/mol. The summed E-state index contributed by atoms with van der Waals surface area (Å²) in [7, 11) is 0. The van der Waals surface area contributed by atoms with E-state index in [0.717, 1.165) is 17.7 Å². The average Bonchev–Trinajstić information content (AvgIpc) is 2.52. The molecule has 0 heterocycles. The van der Waals surface area contributed by atoms with E-state index < -0.39 is 30.6 Å². The van der Waals surface area contributed by atoms with Crippen molar-refractivity contribution in [2.75, 3.05) is 6.54 Å². The normalized spacial score (nSPS) is 14.4. The zero-order valence-corrected chi connectivity index (χ0v) is 12.9. The number of benzene rings is 2. The number of aliphatic hydroxyl groups excluding tert-OH is 1. The Morgan fingerprint density at radius 3 is 2.17 bits per heavy atom. The van der Waals surface area contributed by atoms with Crippen molar-refractivity contribution < 1.29 is 22.7 Å². The van der Waals surface area contributed by atoms with Gasteiger partial charge in [-0.2, -0.15) is 13.2 Å². The van der Waals surface area contributed by atoms with E-state index in [9.17, 15) is 22.7 Å². The van der Waals surface area contributed by atoms with Gasteiger partial charge in [-0.05, 0) is 29.7 Å². The Labute approximate surface area is 138 Å². The molecule has 0 saturated carbocycles. The van der Waals surface area contributed by atoms with Crippen LogP contribution in [-0.2, 0) is 6.42 Å². The summed E-state index contributed by atoms with van der Waals surface area (Å²) in [4.78, 5) is 0. The van der Waals surface area contributed by atoms with E-state index in [2.05, 4.69) is 5.32 Å². The molecule has 0 aliphatic rings. The minimum Gasteiger partial charge on any atom is -0.391 e. The second-order valence-corrected chi connectivity index (χ2v) is 5.68. The Hall–Kier alpha value is -1.92. The molecule has 0 aliphatic heterocycles. The first-order chi connectivity index (χ1) is 11.3. The maximum Gasteiger partial charge on any atom is 0.390 e. The molecule has 2 N–H and O–H groups in total. The molecule has 0 amide bonds. The summed E-state index contributed by atoms with van der Waals surface area (Å²) in [5.74, 6) is -0.506. The lowest BCUT2D eigenvalue weighted by atomic mass is 10.0. The maximum absolute atomic E-state index is 13.0. The van der Waals surface area contributed by atoms with Gasteiger partial charge in [-0.3, -0.25) is 0 Å². The van der Waals surface area contributed by atoms with Crippen LogP contribution in [0.15, 0.2) is 54.6 Å². The highest BCUT2D eigenvalue weighted by Gasteiger charge is 2.32. The standard InChI is InChI=1S/C18H19F4NO/c19-15-8-6-14(7-9-15)17(11-18(20,21)22)23-12-16(24)10-13-4-2-1-3-5-13/h1-9,16-17,23-24H,10-12H2. The molecule has 2 atom stereocenters. The van der Waals surface area contributed by atoms with E-state index in [4.69, 9.17) is 0 Å². The molecule has 0 spiro atoms. The smallest absolute Gasteiger partial charge is 0.390 e. The number of rotatable bonds is 7. The number of hydrogen-bond donors (Lipinski definition) is 2. The highest BCUT2D eigenvalue weighted by Crippen LogP contribution is 2.29. The van der Waals surface area contributed by atoms with Gasteiger partial charge >= 0.3 is 6.18 Å². The monoisotopic (exact) mass is 341 g/mol. The second-order valence-electron chi connectivity index (χ2n) is 5.68. The summed E-state index contributed by atoms with van der Waals surface area (Å²) in [5.41, 5.74) is 1.24. The summed E-state index contributed by atoms with van der Waals surface area (Å²) in [6.07, 6.45) is -5.92. The van der Waals surface area contributed by atoms with E-state index in [0.29, 0.717) is 12.0 Å². The molecular weight excluding hydrogens is 322 g/mol. The number of hydrogen-bond acceptors (Lipinski definition) is 2. The summed E-state index contributed by atoms with van der Waals surface area (Å²) >= 11 is 0. The number of halogens is 4. The summed E-state index contributed by atoms with van der Waals surface area (Å²) in [5, 5.41) is 12.8. The van der Waals surface area contributed by atoms with Crippen molar-refractivity contribution in [2.45, 2.75) is 31.2 Å². The third-order valence-electron chi connectivity index (χ3n) is 3.62. The Bertz CT molecular complexity index is 613. The van der Waals surface area contributed by atoms with Crippen molar-refractivity contribution in [1.82, 2.24) is 5.32 Å². The van der Waals surface area contributed by atoms with Gasteiger partial charge in [0.2, 0.25) is 0 Å². The maximum atomic E-state index is 13.0. The van der Waals surface area contributed by atoms with Gasteiger partial charge in [0, 0.05) is 12.6 Å². The van der Waals surface area contributed by atoms with Gasteiger partial charge in [0.25, 0.3) is 0 Å². The number of nitrogens with one attached hydrogen (secondary N) is 1. The lowest BCUT2D eigenvalue weighted by Gasteiger charge is -2.22. The van der Waals surface area contributed by atoms with Gasteiger partial charge in [0.15, 0.2) is 0 Å². The van der Waals surface area contributed by atoms with Gasteiger partial charge < -0.3 is 10.4 Å². The molecule has 6 heteroatoms. The minimum atomic E-state index is -4.36. The lowest BCUT2D eigenvalue weighted by molar-refractivity contribution is -0.140. The molecule has 2 unspecified atom stereocenters. The topological polar surface area (TPSA) is 32.3 Å². The Balaban J connectivity index is 1.98. The van der Waals surface area contributed by atoms with E-state index in [1.807, 2.05) is 30.3 Å². The van der Waals surface area contributed by atoms with Crippen LogP contribution < -0.4 is 5.32 Å². The molecule has 0 fully saturated rings. The molecule has 24 heavy (non-hydrogen) atoms. The Morgan fingerprint density at radius 1 is 0.958 bits per heavy atom. The highest BCUT2D eigenvalue weighted by molar-refractivity contribution is 5.20. The van der Waals surface area contributed by atoms with Crippen LogP contribution in [0.2, 0.25) is 0 Å². The molecule has 0 bridgehead atoms. The third-order valence-corrected chi connectivity index (χ3v) is 3.62. The number of aliphatic hydroxyl groups is 1. The van der Waals surface area contributed by atoms with Crippen molar-refractivity contribution in [3.63, 3.8) is 0 Å². The first-order valence-electron chi connectivity index (χ1n) is 7.61. The molecule has 0 aliphatic carbocycles. The SMILES string of the molecule is OC(CNC(CC(F)(F)F)c1ccc(F)cc1)Cc1ccccc1. The van der Waals surface area contributed by atoms with E-state index in [1.165, 1.54) is 12.1 Å². The molecule has 0 radical (unpaired) electrons. The van der Waals surface area contributed by atoms with Gasteiger partial charge in [0.1, 0.15) is 5.82 Å². The van der Waals surface area contributed by atoms with Gasteiger partial charge in [-0.1, -0.05) is 42.5 Å². The van der Waals surface area contributed by atoms with Crippen LogP contribution >= 0.6 is 0 Å². The van der Waals surface area contributed by atoms with Crippen LogP contribution in [0.5, 0.6) is 0 Å². The van der Waals surface area contributed by atoms with Gasteiger partial charge in [0.05, 0.1) is 12.5 Å². The fourth-order valence-electron chi connectivity index (χ4n) is 2.47. The largest absolute Gasteiger partial charge is 0.391 e. The predicted octanol–water partition coefficient (Wildman–Crippen LogP) is 4.01. The molecule has 0 saturated heterocycles. The van der Waals surface area contributed by atoms with Crippen LogP contribution in [0, 0.1) is 5.82 Å². The van der Waals surface area contributed by atoms with Crippen LogP contribution in [0.3, 0.4) is 0 Å². The fraction of sp³-hybridized carbons (Fsp3) is 0.333. The summed E-state index contributed by atoms with van der Waals surface area (Å²) in [6.45, 7) is 0.00696. The number of alkyl halides is 3. The molecule has 2 aromatic rings. The van der Waals surface area contributed by atoms with Gasteiger partial charge in [-0.25, -0.2) is 4.39 Å². The fourth-order valence-corrected chi connectivity index (χ4v) is 2.47. The van der Waals surface area contributed by atoms with E-state index in [-0.39, 0.29) is 6.54 Å². The molecule has 0 aromatic heterocycles. The molecule has 2 aromatic carbocycles. The van der Waals surface area contributed by atoms with Crippen LogP contribution in [0.25, 0.3) is 0 Å². The second kappa shape index (κ2) is 8.26. The Morgan fingerprint density at radius 2 is 1.58 bits per heavy atom. The van der Waals surface area contributed by atoms with Crippen molar-refractivity contribution in [3.05, 3.63) is 71.5 Å². The highest BCUT2D eigenvalue weighted by atomic mass is 19.4. The van der Waals surface area contributed by atoms with E-state index in [1.54, 1.807) is 0 Å². The Kier molecular flexibility index (Phi) is 6.34. The van der Waals surface area contributed by atoms with E-state index >= 15 is 0 Å². The third kappa shape index (κ3) is 6.29. The zero-order chi connectivity index (χ0) is 17.6. The minimum absolute atomic E-state index is 0.00696. The van der Waals surface area contributed by atoms with Crippen LogP contribution in [-0.4, -0.2) is 23.9 Å². The van der Waals surface area contributed by atoms with Crippen molar-refractivity contribution >= 4 is 0 Å². The average molecular weight is 341 g/mol. The zero-order valence-electron chi connectivity index (χ0n) is 12.9. The molecule has 2 nitrogen and oxygen atoms in total. The van der Waals surface area contributed by atoms with Crippen molar-refractivity contribution in [1.29, 1.82) is 0 Å². The molecule has 130 valence electrons. The molecular formula is C18H19F4NO.